The molecular weight excluding hydrogens is 328 g/mol. The third kappa shape index (κ3) is 3.69. The quantitative estimate of drug-likeness (QED) is 0.633. The Labute approximate surface area is 149 Å². The Morgan fingerprint density at radius 1 is 1.39 bits per heavy atom. The molecule has 5 heteroatoms. The molecule has 23 heavy (non-hydrogen) atoms. The Hall–Kier alpha value is -1.13. The number of unbranched alkanes of at least 4 members (excludes halogenated alkanes) is 1. The van der Waals surface area contributed by atoms with Crippen molar-refractivity contribution < 1.29 is 4.79 Å². The summed E-state index contributed by atoms with van der Waals surface area (Å²) in [6.45, 7) is 2.97. The first-order valence-corrected chi connectivity index (χ1v) is 9.12. The highest BCUT2D eigenvalue weighted by Crippen LogP contribution is 2.42. The summed E-state index contributed by atoms with van der Waals surface area (Å²) in [6, 6.07) is 7.63. The van der Waals surface area contributed by atoms with E-state index in [2.05, 4.69) is 12.2 Å². The maximum atomic E-state index is 13.0. The first-order valence-electron chi connectivity index (χ1n) is 8.34. The average Bonchev–Trinajstić information content (AvgIpc) is 2.56. The second kappa shape index (κ2) is 8.11. The van der Waals surface area contributed by atoms with Crippen LogP contribution < -0.4 is 5.32 Å². The minimum Gasteiger partial charge on any atom is -0.363 e. The Morgan fingerprint density at radius 3 is 2.78 bits per heavy atom. The van der Waals surface area contributed by atoms with E-state index in [0.29, 0.717) is 16.6 Å². The highest BCUT2D eigenvalue weighted by molar-refractivity contribution is 7.80. The lowest BCUT2D eigenvalue weighted by Gasteiger charge is -2.45. The second-order valence-electron chi connectivity index (χ2n) is 6.11. The molecule has 0 unspecified atom stereocenters. The molecule has 3 nitrogen and oxygen atoms in total. The fourth-order valence-corrected chi connectivity index (χ4v) is 3.84. The Bertz CT molecular complexity index is 578. The van der Waals surface area contributed by atoms with Crippen LogP contribution in [0.3, 0.4) is 0 Å². The molecule has 0 radical (unpaired) electrons. The van der Waals surface area contributed by atoms with Gasteiger partial charge in [0, 0.05) is 30.6 Å². The molecule has 0 aliphatic heterocycles. The molecule has 1 aliphatic carbocycles. The van der Waals surface area contributed by atoms with Crippen LogP contribution in [0.15, 0.2) is 24.3 Å². The van der Waals surface area contributed by atoms with Gasteiger partial charge in [-0.3, -0.25) is 4.79 Å². The first kappa shape index (κ1) is 18.2. The predicted molar refractivity (Wildman–Crippen MR) is 99.9 cm³/mol. The second-order valence-corrected chi connectivity index (χ2v) is 6.91. The summed E-state index contributed by atoms with van der Waals surface area (Å²) >= 11 is 12.0. The van der Waals surface area contributed by atoms with Crippen molar-refractivity contribution >= 4 is 34.7 Å². The molecule has 1 atom stereocenters. The van der Waals surface area contributed by atoms with E-state index in [1.807, 2.05) is 36.2 Å². The van der Waals surface area contributed by atoms with Gasteiger partial charge in [0.25, 0.3) is 0 Å². The zero-order valence-electron chi connectivity index (χ0n) is 13.9. The summed E-state index contributed by atoms with van der Waals surface area (Å²) in [4.78, 5) is 14.9. The molecule has 1 aromatic rings. The van der Waals surface area contributed by atoms with Crippen LogP contribution in [-0.2, 0) is 10.3 Å². The summed E-state index contributed by atoms with van der Waals surface area (Å²) in [5.74, 6) is 0.207. The van der Waals surface area contributed by atoms with Crippen LogP contribution in [0.5, 0.6) is 0 Å². The van der Waals surface area contributed by atoms with Crippen molar-refractivity contribution in [2.75, 3.05) is 13.6 Å². The number of nitrogens with one attached hydrogen (secondary N) is 1. The van der Waals surface area contributed by atoms with Crippen LogP contribution in [0.25, 0.3) is 0 Å². The largest absolute Gasteiger partial charge is 0.363 e. The number of nitrogens with zero attached hydrogens (tertiary/aromatic N) is 1. The van der Waals surface area contributed by atoms with Crippen molar-refractivity contribution in [3.63, 3.8) is 0 Å². The highest BCUT2D eigenvalue weighted by Gasteiger charge is 2.46. The Kier molecular flexibility index (Phi) is 6.42. The predicted octanol–water partition coefficient (Wildman–Crippen LogP) is 4.28. The number of ketones is 1. The van der Waals surface area contributed by atoms with Gasteiger partial charge in [0.1, 0.15) is 5.54 Å². The molecule has 0 spiro atoms. The van der Waals surface area contributed by atoms with E-state index in [4.69, 9.17) is 23.8 Å². The number of benzene rings is 1. The number of hydrogen-bond acceptors (Lipinski definition) is 2. The van der Waals surface area contributed by atoms with Crippen LogP contribution in [0, 0.1) is 0 Å². The lowest BCUT2D eigenvalue weighted by Crippen LogP contribution is -2.56. The fourth-order valence-electron chi connectivity index (χ4n) is 3.29. The van der Waals surface area contributed by atoms with Crippen LogP contribution in [0.1, 0.15) is 51.0 Å². The number of hydrogen-bond donors (Lipinski definition) is 1. The van der Waals surface area contributed by atoms with Gasteiger partial charge in [-0.25, -0.2) is 0 Å². The third-order valence-corrected chi connectivity index (χ3v) is 5.40. The SMILES string of the molecule is CCCCNC(=S)N(C)[C@]1(c2ccccc2Cl)CCCCC1=O. The fraction of sp³-hybridized carbons (Fsp3) is 0.556. The molecule has 126 valence electrons. The minimum atomic E-state index is -0.743. The summed E-state index contributed by atoms with van der Waals surface area (Å²) < 4.78 is 0. The van der Waals surface area contributed by atoms with E-state index in [-0.39, 0.29) is 5.78 Å². The van der Waals surface area contributed by atoms with Gasteiger partial charge in [0.15, 0.2) is 10.9 Å². The molecule has 1 fully saturated rings. The standard InChI is InChI=1S/C18H25ClN2OS/c1-3-4-13-20-17(23)21(2)18(12-8-7-11-16(18)22)14-9-5-6-10-15(14)19/h5-6,9-10H,3-4,7-8,11-13H2,1-2H3,(H,20,23)/t18-/m0/s1. The highest BCUT2D eigenvalue weighted by atomic mass is 35.5. The number of carbonyl (C=O) groups excluding carboxylic acids is 1. The molecule has 0 amide bonds. The van der Waals surface area contributed by atoms with Gasteiger partial charge in [-0.2, -0.15) is 0 Å². The Morgan fingerprint density at radius 2 is 2.13 bits per heavy atom. The zero-order chi connectivity index (χ0) is 16.9. The van der Waals surface area contributed by atoms with Crippen molar-refractivity contribution in [2.45, 2.75) is 51.0 Å². The number of rotatable bonds is 5. The van der Waals surface area contributed by atoms with E-state index in [0.717, 1.165) is 44.2 Å². The van der Waals surface area contributed by atoms with E-state index < -0.39 is 5.54 Å². The van der Waals surface area contributed by atoms with Crippen LogP contribution in [-0.4, -0.2) is 29.4 Å². The summed E-state index contributed by atoms with van der Waals surface area (Å²) in [5, 5.41) is 4.53. The molecule has 1 aliphatic rings. The Balaban J connectivity index is 2.36. The van der Waals surface area contributed by atoms with Crippen molar-refractivity contribution in [3.8, 4) is 0 Å². The number of halogens is 1. The number of Topliss-reactive ketones (excluding diaryl/α,β-unsaturated/α-hetero) is 1. The van der Waals surface area contributed by atoms with E-state index in [1.54, 1.807) is 0 Å². The topological polar surface area (TPSA) is 32.3 Å². The first-order chi connectivity index (χ1) is 11.0. The molecule has 1 aromatic carbocycles. The minimum absolute atomic E-state index is 0.207. The summed E-state index contributed by atoms with van der Waals surface area (Å²) in [6.07, 6.45) is 5.43. The van der Waals surface area contributed by atoms with Gasteiger partial charge in [-0.05, 0) is 44.0 Å². The summed E-state index contributed by atoms with van der Waals surface area (Å²) in [7, 11) is 1.91. The van der Waals surface area contributed by atoms with E-state index >= 15 is 0 Å². The van der Waals surface area contributed by atoms with Crippen molar-refractivity contribution in [2.24, 2.45) is 0 Å². The number of carbonyl (C=O) groups is 1. The molecule has 0 bridgehead atoms. The van der Waals surface area contributed by atoms with Gasteiger partial charge >= 0.3 is 0 Å². The molecule has 0 saturated heterocycles. The van der Waals surface area contributed by atoms with Crippen LogP contribution in [0.4, 0.5) is 0 Å². The van der Waals surface area contributed by atoms with Crippen LogP contribution in [0.2, 0.25) is 5.02 Å². The maximum Gasteiger partial charge on any atom is 0.169 e. The van der Waals surface area contributed by atoms with Gasteiger partial charge in [-0.15, -0.1) is 0 Å². The lowest BCUT2D eigenvalue weighted by atomic mass is 9.74. The van der Waals surface area contributed by atoms with Crippen LogP contribution >= 0.6 is 23.8 Å². The average molecular weight is 353 g/mol. The van der Waals surface area contributed by atoms with Gasteiger partial charge < -0.3 is 10.2 Å². The van der Waals surface area contributed by atoms with Gasteiger partial charge in [0.2, 0.25) is 0 Å². The molecule has 0 aromatic heterocycles. The van der Waals surface area contributed by atoms with Crippen molar-refractivity contribution in [1.82, 2.24) is 10.2 Å². The zero-order valence-corrected chi connectivity index (χ0v) is 15.5. The van der Waals surface area contributed by atoms with E-state index in [1.165, 1.54) is 0 Å². The van der Waals surface area contributed by atoms with Crippen molar-refractivity contribution in [1.29, 1.82) is 0 Å². The molecular formula is C18H25ClN2OS. The maximum absolute atomic E-state index is 13.0. The van der Waals surface area contributed by atoms with Gasteiger partial charge in [0.05, 0.1) is 0 Å². The molecule has 1 N–H and O–H groups in total. The van der Waals surface area contributed by atoms with Crippen molar-refractivity contribution in [3.05, 3.63) is 34.9 Å². The number of likely N-dealkylation sites (N-methyl/N-ethyl adjacent to an activating group) is 1. The molecule has 1 saturated carbocycles. The van der Waals surface area contributed by atoms with Gasteiger partial charge in [-0.1, -0.05) is 43.1 Å². The lowest BCUT2D eigenvalue weighted by molar-refractivity contribution is -0.131. The number of thiocarbonyl (C=S) groups is 1. The smallest absolute Gasteiger partial charge is 0.169 e. The van der Waals surface area contributed by atoms with E-state index in [9.17, 15) is 4.79 Å². The molecule has 0 heterocycles. The third-order valence-electron chi connectivity index (χ3n) is 4.66. The normalized spacial score (nSPS) is 21.1. The molecule has 2 rings (SSSR count). The summed E-state index contributed by atoms with van der Waals surface area (Å²) in [5.41, 5.74) is 0.126. The monoisotopic (exact) mass is 352 g/mol.